The number of benzene rings is 1. The van der Waals surface area contributed by atoms with E-state index in [0.717, 1.165) is 4.90 Å². The van der Waals surface area contributed by atoms with Gasteiger partial charge >= 0.3 is 0 Å². The smallest absolute Gasteiger partial charge is 0.264 e. The Morgan fingerprint density at radius 3 is 2.78 bits per heavy atom. The molecule has 2 heterocycles. The van der Waals surface area contributed by atoms with Gasteiger partial charge in [-0.05, 0) is 23.7 Å². The van der Waals surface area contributed by atoms with E-state index in [1.165, 1.54) is 11.5 Å². The molecule has 0 saturated heterocycles. The lowest BCUT2D eigenvalue weighted by Crippen LogP contribution is -2.29. The maximum atomic E-state index is 12.1. The van der Waals surface area contributed by atoms with Gasteiger partial charge in [-0.25, -0.2) is 0 Å². The number of amides is 2. The number of aromatic nitrogens is 2. The first-order valence-corrected chi connectivity index (χ1v) is 6.03. The van der Waals surface area contributed by atoms with Crippen molar-refractivity contribution in [2.45, 2.75) is 6.54 Å². The monoisotopic (exact) mass is 260 g/mol. The van der Waals surface area contributed by atoms with E-state index in [0.29, 0.717) is 16.9 Å². The molecule has 1 aliphatic heterocycles. The van der Waals surface area contributed by atoms with Crippen LogP contribution in [0.3, 0.4) is 0 Å². The number of fused-ring (bicyclic) bond motifs is 1. The molecule has 6 nitrogen and oxygen atoms in total. The first-order valence-electron chi connectivity index (χ1n) is 5.19. The van der Waals surface area contributed by atoms with E-state index in [2.05, 4.69) is 9.59 Å². The van der Waals surface area contributed by atoms with Crippen LogP contribution >= 0.6 is 11.5 Å². The topological polar surface area (TPSA) is 89.2 Å². The van der Waals surface area contributed by atoms with E-state index >= 15 is 0 Å². The lowest BCUT2D eigenvalue weighted by Gasteiger charge is -2.11. The van der Waals surface area contributed by atoms with Crippen LogP contribution in [0.25, 0.3) is 0 Å². The van der Waals surface area contributed by atoms with Crippen molar-refractivity contribution in [3.8, 4) is 0 Å². The molecule has 0 aliphatic carbocycles. The van der Waals surface area contributed by atoms with Gasteiger partial charge in [0.25, 0.3) is 11.8 Å². The Morgan fingerprint density at radius 2 is 2.11 bits per heavy atom. The Hall–Kier alpha value is -2.28. The summed E-state index contributed by atoms with van der Waals surface area (Å²) in [6, 6.07) is 4.87. The van der Waals surface area contributed by atoms with Gasteiger partial charge in [-0.15, -0.1) is 5.10 Å². The molecule has 0 spiro atoms. The molecule has 0 radical (unpaired) electrons. The molecule has 90 valence electrons. The molecule has 3 rings (SSSR count). The van der Waals surface area contributed by atoms with Crippen LogP contribution in [0.2, 0.25) is 0 Å². The largest absolute Gasteiger partial charge is 0.398 e. The average Bonchev–Trinajstić information content (AvgIpc) is 2.94. The van der Waals surface area contributed by atoms with Crippen LogP contribution in [0.1, 0.15) is 26.4 Å². The molecule has 0 bridgehead atoms. The molecule has 0 atom stereocenters. The summed E-state index contributed by atoms with van der Waals surface area (Å²) in [5.41, 5.74) is 7.28. The van der Waals surface area contributed by atoms with Gasteiger partial charge in [-0.2, -0.15) is 0 Å². The van der Waals surface area contributed by atoms with Crippen LogP contribution in [0.5, 0.6) is 0 Å². The van der Waals surface area contributed by atoms with Gasteiger partial charge in [0.2, 0.25) is 0 Å². The van der Waals surface area contributed by atoms with Crippen molar-refractivity contribution in [1.82, 2.24) is 14.5 Å². The Morgan fingerprint density at radius 1 is 1.28 bits per heavy atom. The minimum Gasteiger partial charge on any atom is -0.398 e. The number of imide groups is 1. The first kappa shape index (κ1) is 10.8. The third-order valence-corrected chi connectivity index (χ3v) is 3.31. The summed E-state index contributed by atoms with van der Waals surface area (Å²) in [4.78, 5) is 25.4. The van der Waals surface area contributed by atoms with Crippen molar-refractivity contribution in [3.63, 3.8) is 0 Å². The predicted octanol–water partition coefficient (Wildman–Crippen LogP) is 0.917. The molecule has 18 heavy (non-hydrogen) atoms. The lowest BCUT2D eigenvalue weighted by molar-refractivity contribution is 0.0641. The van der Waals surface area contributed by atoms with Crippen LogP contribution in [0.15, 0.2) is 23.6 Å². The van der Waals surface area contributed by atoms with Crippen molar-refractivity contribution in [2.24, 2.45) is 0 Å². The first-order chi connectivity index (χ1) is 8.68. The molecule has 0 fully saturated rings. The maximum Gasteiger partial charge on any atom is 0.264 e. The number of carbonyl (C=O) groups is 2. The zero-order valence-corrected chi connectivity index (χ0v) is 9.98. The Labute approximate surface area is 106 Å². The van der Waals surface area contributed by atoms with Crippen molar-refractivity contribution in [3.05, 3.63) is 40.4 Å². The van der Waals surface area contributed by atoms with Crippen LogP contribution in [-0.2, 0) is 6.54 Å². The SMILES string of the molecule is Nc1cccc2c1C(=O)N(Cc1csnn1)C2=O. The Balaban J connectivity index is 2.00. The standard InChI is InChI=1S/C11H8N4O2S/c12-8-3-1-2-7-9(8)11(17)15(10(7)16)4-6-5-18-14-13-6/h1-3,5H,4,12H2. The van der Waals surface area contributed by atoms with Crippen molar-refractivity contribution in [2.75, 3.05) is 5.73 Å². The second-order valence-electron chi connectivity index (χ2n) is 3.86. The van der Waals surface area contributed by atoms with Crippen molar-refractivity contribution < 1.29 is 9.59 Å². The zero-order chi connectivity index (χ0) is 12.7. The van der Waals surface area contributed by atoms with Crippen molar-refractivity contribution in [1.29, 1.82) is 0 Å². The van der Waals surface area contributed by atoms with Crippen LogP contribution < -0.4 is 5.73 Å². The highest BCUT2D eigenvalue weighted by molar-refractivity contribution is 7.03. The summed E-state index contributed by atoms with van der Waals surface area (Å²) in [6.07, 6.45) is 0. The fourth-order valence-corrected chi connectivity index (χ4v) is 2.36. The van der Waals surface area contributed by atoms with E-state index in [-0.39, 0.29) is 23.9 Å². The summed E-state index contributed by atoms with van der Waals surface area (Å²) < 4.78 is 3.70. The number of anilines is 1. The van der Waals surface area contributed by atoms with Crippen LogP contribution in [0, 0.1) is 0 Å². The lowest BCUT2D eigenvalue weighted by atomic mass is 10.1. The van der Waals surface area contributed by atoms with Crippen LogP contribution in [-0.4, -0.2) is 26.3 Å². The molecule has 7 heteroatoms. The molecule has 0 saturated carbocycles. The number of hydrogen-bond donors (Lipinski definition) is 1. The van der Waals surface area contributed by atoms with E-state index in [1.807, 2.05) is 0 Å². The van der Waals surface area contributed by atoms with Gasteiger partial charge < -0.3 is 5.73 Å². The predicted molar refractivity (Wildman–Crippen MR) is 65.0 cm³/mol. The normalized spacial score (nSPS) is 14.1. The summed E-state index contributed by atoms with van der Waals surface area (Å²) >= 11 is 1.18. The molecule has 0 unspecified atom stereocenters. The molecule has 2 amide bonds. The highest BCUT2D eigenvalue weighted by Gasteiger charge is 2.37. The van der Waals surface area contributed by atoms with E-state index < -0.39 is 0 Å². The number of nitrogens with two attached hydrogens (primary N) is 1. The van der Waals surface area contributed by atoms with Gasteiger partial charge in [-0.1, -0.05) is 10.6 Å². The van der Waals surface area contributed by atoms with Gasteiger partial charge in [-0.3, -0.25) is 14.5 Å². The highest BCUT2D eigenvalue weighted by atomic mass is 32.1. The third-order valence-electron chi connectivity index (χ3n) is 2.76. The summed E-state index contributed by atoms with van der Waals surface area (Å²) in [5, 5.41) is 5.53. The second-order valence-corrected chi connectivity index (χ2v) is 4.47. The second kappa shape index (κ2) is 3.88. The molecule has 1 aliphatic rings. The highest BCUT2D eigenvalue weighted by Crippen LogP contribution is 2.28. The average molecular weight is 260 g/mol. The Bertz CT molecular complexity index is 638. The summed E-state index contributed by atoms with van der Waals surface area (Å²) in [5.74, 6) is -0.712. The van der Waals surface area contributed by atoms with Gasteiger partial charge in [0, 0.05) is 11.1 Å². The van der Waals surface area contributed by atoms with E-state index in [9.17, 15) is 9.59 Å². The van der Waals surface area contributed by atoms with Gasteiger partial charge in [0.05, 0.1) is 23.4 Å². The fraction of sp³-hybridized carbons (Fsp3) is 0.0909. The van der Waals surface area contributed by atoms with Crippen LogP contribution in [0.4, 0.5) is 5.69 Å². The molecule has 1 aromatic heterocycles. The number of rotatable bonds is 2. The summed E-state index contributed by atoms with van der Waals surface area (Å²) in [7, 11) is 0. The van der Waals surface area contributed by atoms with Crippen molar-refractivity contribution >= 4 is 29.0 Å². The quantitative estimate of drug-likeness (QED) is 0.640. The molecule has 1 aromatic carbocycles. The summed E-state index contributed by atoms with van der Waals surface area (Å²) in [6.45, 7) is 0.127. The third kappa shape index (κ3) is 1.48. The maximum absolute atomic E-state index is 12.1. The molecule has 2 N–H and O–H groups in total. The van der Waals surface area contributed by atoms with E-state index in [4.69, 9.17) is 5.73 Å². The number of nitrogen functional groups attached to an aromatic ring is 1. The van der Waals surface area contributed by atoms with Gasteiger partial charge in [0.1, 0.15) is 0 Å². The number of carbonyl (C=O) groups excluding carboxylic acids is 2. The minimum atomic E-state index is -0.374. The number of hydrogen-bond acceptors (Lipinski definition) is 6. The molecular weight excluding hydrogens is 252 g/mol. The molecular formula is C11H8N4O2S. The molecule has 2 aromatic rings. The van der Waals surface area contributed by atoms with Gasteiger partial charge in [0.15, 0.2) is 0 Å². The zero-order valence-electron chi connectivity index (χ0n) is 9.16. The number of nitrogens with zero attached hydrogens (tertiary/aromatic N) is 3. The van der Waals surface area contributed by atoms with E-state index in [1.54, 1.807) is 23.6 Å². The fourth-order valence-electron chi connectivity index (χ4n) is 1.92. The Kier molecular flexibility index (Phi) is 2.34. The minimum absolute atomic E-state index is 0.127.